The van der Waals surface area contributed by atoms with Crippen LogP contribution in [-0.2, 0) is 21.3 Å². The van der Waals surface area contributed by atoms with Crippen molar-refractivity contribution in [1.29, 1.82) is 0 Å². The van der Waals surface area contributed by atoms with Crippen molar-refractivity contribution in [3.63, 3.8) is 0 Å². The molecule has 176 valence electrons. The second-order valence-electron chi connectivity index (χ2n) is 7.90. The number of aryl methyl sites for hydroxylation is 1. The molecule has 8 nitrogen and oxygen atoms in total. The second kappa shape index (κ2) is 10.3. The van der Waals surface area contributed by atoms with Gasteiger partial charge in [0, 0.05) is 17.1 Å². The average Bonchev–Trinajstić information content (AvgIpc) is 3.28. The maximum absolute atomic E-state index is 13.4. The van der Waals surface area contributed by atoms with Gasteiger partial charge in [0.15, 0.2) is 0 Å². The fraction of sp³-hybridized carbons (Fsp3) is 0.364. The lowest BCUT2D eigenvalue weighted by molar-refractivity contribution is -0.0891. The number of nitrogens with zero attached hydrogens (tertiary/aromatic N) is 3. The molecule has 2 N–H and O–H groups in total. The van der Waals surface area contributed by atoms with Gasteiger partial charge in [0.2, 0.25) is 10.0 Å². The third-order valence-corrected chi connectivity index (χ3v) is 7.32. The number of aliphatic hydroxyl groups excluding tert-OH is 1. The van der Waals surface area contributed by atoms with E-state index in [1.54, 1.807) is 23.0 Å². The maximum atomic E-state index is 13.4. The van der Waals surface area contributed by atoms with E-state index in [-0.39, 0.29) is 23.4 Å². The van der Waals surface area contributed by atoms with Gasteiger partial charge in [-0.05, 0) is 55.7 Å². The highest BCUT2D eigenvalue weighted by atomic mass is 35.5. The monoisotopic (exact) mass is 494 g/mol. The lowest BCUT2D eigenvalue weighted by Gasteiger charge is -2.36. The van der Waals surface area contributed by atoms with Crippen LogP contribution in [0.1, 0.15) is 19.3 Å². The fourth-order valence-electron chi connectivity index (χ4n) is 3.82. The minimum atomic E-state index is -3.77. The van der Waals surface area contributed by atoms with Gasteiger partial charge in [-0.1, -0.05) is 28.9 Å². The van der Waals surface area contributed by atoms with Crippen molar-refractivity contribution in [2.75, 3.05) is 6.61 Å². The molecule has 1 saturated heterocycles. The highest BCUT2D eigenvalue weighted by molar-refractivity contribution is 7.89. The zero-order chi connectivity index (χ0) is 23.4. The molecule has 1 fully saturated rings. The van der Waals surface area contributed by atoms with E-state index < -0.39 is 22.2 Å². The summed E-state index contributed by atoms with van der Waals surface area (Å²) in [7, 11) is -3.77. The summed E-state index contributed by atoms with van der Waals surface area (Å²) >= 11 is 5.83. The minimum Gasteiger partial charge on any atom is -0.394 e. The molecule has 0 radical (unpaired) electrons. The lowest BCUT2D eigenvalue weighted by atomic mass is 9.98. The molecule has 1 aliphatic rings. The van der Waals surface area contributed by atoms with Crippen LogP contribution in [0.3, 0.4) is 0 Å². The first-order valence-electron chi connectivity index (χ1n) is 10.5. The number of sulfonamides is 1. The molecule has 0 saturated carbocycles. The van der Waals surface area contributed by atoms with E-state index >= 15 is 0 Å². The van der Waals surface area contributed by atoms with Crippen LogP contribution in [0, 0.1) is 5.82 Å². The number of benzene rings is 2. The Kier molecular flexibility index (Phi) is 7.40. The van der Waals surface area contributed by atoms with Crippen molar-refractivity contribution in [2.45, 2.75) is 49.0 Å². The van der Waals surface area contributed by atoms with E-state index in [0.717, 1.165) is 0 Å². The first-order chi connectivity index (χ1) is 15.8. The van der Waals surface area contributed by atoms with E-state index in [9.17, 15) is 17.9 Å². The summed E-state index contributed by atoms with van der Waals surface area (Å²) in [5.74, 6) is -0.339. The van der Waals surface area contributed by atoms with E-state index in [1.165, 1.54) is 36.4 Å². The van der Waals surface area contributed by atoms with Gasteiger partial charge in [0.1, 0.15) is 11.5 Å². The smallest absolute Gasteiger partial charge is 0.240 e. The van der Waals surface area contributed by atoms with Crippen molar-refractivity contribution in [2.24, 2.45) is 0 Å². The largest absolute Gasteiger partial charge is 0.394 e. The molecule has 2 heterocycles. The van der Waals surface area contributed by atoms with Crippen LogP contribution in [-0.4, -0.2) is 53.4 Å². The van der Waals surface area contributed by atoms with Crippen molar-refractivity contribution in [3.8, 4) is 11.3 Å². The second-order valence-corrected chi connectivity index (χ2v) is 10.1. The molecule has 4 rings (SSSR count). The van der Waals surface area contributed by atoms with Crippen LogP contribution in [0.4, 0.5) is 4.39 Å². The highest BCUT2D eigenvalue weighted by Gasteiger charge is 2.34. The third kappa shape index (κ3) is 5.96. The Morgan fingerprint density at radius 1 is 1.21 bits per heavy atom. The molecular weight excluding hydrogens is 471 g/mol. The first kappa shape index (κ1) is 23.8. The zero-order valence-electron chi connectivity index (χ0n) is 17.6. The number of hydrogen-bond donors (Lipinski definition) is 2. The van der Waals surface area contributed by atoms with Gasteiger partial charge in [-0.3, -0.25) is 4.68 Å². The standard InChI is InChI=1S/C22H24ClFN4O4S/c23-16-4-7-19(8-5-16)33(30,31)26-20-9-6-18(32-22(20)14-29)10-11-28-13-21(25-27-28)15-2-1-3-17(24)12-15/h1-5,7-8,12-13,18,20,22,26,29H,6,9-11,14H2/t18-,20-,22-/m1/s1. The maximum Gasteiger partial charge on any atom is 0.240 e. The average molecular weight is 495 g/mol. The van der Waals surface area contributed by atoms with Gasteiger partial charge >= 0.3 is 0 Å². The van der Waals surface area contributed by atoms with Gasteiger partial charge in [-0.25, -0.2) is 17.5 Å². The van der Waals surface area contributed by atoms with Gasteiger partial charge in [-0.2, -0.15) is 0 Å². The van der Waals surface area contributed by atoms with Crippen LogP contribution >= 0.6 is 11.6 Å². The Morgan fingerprint density at radius 2 is 2.00 bits per heavy atom. The van der Waals surface area contributed by atoms with E-state index in [1.807, 2.05) is 0 Å². The molecule has 11 heteroatoms. The Labute approximate surface area is 196 Å². The van der Waals surface area contributed by atoms with E-state index in [0.29, 0.717) is 42.1 Å². The summed E-state index contributed by atoms with van der Waals surface area (Å²) in [5.41, 5.74) is 1.22. The summed E-state index contributed by atoms with van der Waals surface area (Å²) in [6, 6.07) is 11.5. The number of aliphatic hydroxyl groups is 1. The Balaban J connectivity index is 1.33. The van der Waals surface area contributed by atoms with Gasteiger partial charge in [0.25, 0.3) is 0 Å². The number of nitrogens with one attached hydrogen (secondary N) is 1. The summed E-state index contributed by atoms with van der Waals surface area (Å²) in [5, 5.41) is 18.4. The van der Waals surface area contributed by atoms with Crippen LogP contribution < -0.4 is 4.72 Å². The molecule has 0 amide bonds. The normalized spacial score (nSPS) is 21.2. The SMILES string of the molecule is O=S(=O)(N[C@@H]1CC[C@H](CCn2cc(-c3cccc(F)c3)nn2)O[C@@H]1CO)c1ccc(Cl)cc1. The van der Waals surface area contributed by atoms with Crippen LogP contribution in [0.25, 0.3) is 11.3 Å². The Hall–Kier alpha value is -2.37. The predicted octanol–water partition coefficient (Wildman–Crippen LogP) is 3.01. The number of ether oxygens (including phenoxy) is 1. The van der Waals surface area contributed by atoms with E-state index in [2.05, 4.69) is 15.0 Å². The molecule has 33 heavy (non-hydrogen) atoms. The molecule has 2 aromatic carbocycles. The summed E-state index contributed by atoms with van der Waals surface area (Å²) in [6.45, 7) is 0.212. The van der Waals surface area contributed by atoms with Crippen molar-refractivity contribution in [3.05, 3.63) is 65.6 Å². The molecule has 3 aromatic rings. The quantitative estimate of drug-likeness (QED) is 0.498. The number of hydrogen-bond acceptors (Lipinski definition) is 6. The van der Waals surface area contributed by atoms with Crippen molar-refractivity contribution >= 4 is 21.6 Å². The lowest BCUT2D eigenvalue weighted by Crippen LogP contribution is -2.50. The number of halogens is 2. The van der Waals surface area contributed by atoms with Crippen molar-refractivity contribution < 1.29 is 22.7 Å². The van der Waals surface area contributed by atoms with Crippen LogP contribution in [0.2, 0.25) is 5.02 Å². The minimum absolute atomic E-state index is 0.103. The van der Waals surface area contributed by atoms with Gasteiger partial charge < -0.3 is 9.84 Å². The topological polar surface area (TPSA) is 106 Å². The van der Waals surface area contributed by atoms with E-state index in [4.69, 9.17) is 16.3 Å². The molecule has 0 aliphatic carbocycles. The molecule has 0 spiro atoms. The zero-order valence-corrected chi connectivity index (χ0v) is 19.2. The van der Waals surface area contributed by atoms with Crippen LogP contribution in [0.15, 0.2) is 59.6 Å². The fourth-order valence-corrected chi connectivity index (χ4v) is 5.25. The number of rotatable bonds is 8. The summed E-state index contributed by atoms with van der Waals surface area (Å²) < 4.78 is 49.0. The highest BCUT2D eigenvalue weighted by Crippen LogP contribution is 2.25. The Bertz CT molecular complexity index is 1190. The van der Waals surface area contributed by atoms with Gasteiger partial charge in [0.05, 0.1) is 35.9 Å². The first-order valence-corrected chi connectivity index (χ1v) is 12.4. The van der Waals surface area contributed by atoms with Crippen molar-refractivity contribution in [1.82, 2.24) is 19.7 Å². The molecular formula is C22H24ClFN4O4S. The number of aromatic nitrogens is 3. The molecule has 0 bridgehead atoms. The van der Waals surface area contributed by atoms with Crippen LogP contribution in [0.5, 0.6) is 0 Å². The summed E-state index contributed by atoms with van der Waals surface area (Å²) in [6.07, 6.45) is 2.66. The molecule has 1 aliphatic heterocycles. The summed E-state index contributed by atoms with van der Waals surface area (Å²) in [4.78, 5) is 0.103. The molecule has 3 atom stereocenters. The third-order valence-electron chi connectivity index (χ3n) is 5.57. The Morgan fingerprint density at radius 3 is 2.73 bits per heavy atom. The molecule has 1 aromatic heterocycles. The van der Waals surface area contributed by atoms with Gasteiger partial charge in [-0.15, -0.1) is 5.10 Å². The predicted molar refractivity (Wildman–Crippen MR) is 121 cm³/mol. The molecule has 0 unspecified atom stereocenters.